The lowest BCUT2D eigenvalue weighted by molar-refractivity contribution is -0.884. The summed E-state index contributed by atoms with van der Waals surface area (Å²) in [5.74, 6) is 5.99. The number of methoxy groups -OCH3 is 2. The van der Waals surface area contributed by atoms with E-state index in [0.29, 0.717) is 17.1 Å². The van der Waals surface area contributed by atoms with E-state index in [1.807, 2.05) is 0 Å². The molecular weight excluding hydrogens is 246 g/mol. The number of rotatable bonds is 5. The first-order valence-electron chi connectivity index (χ1n) is 5.88. The average Bonchev–Trinajstić information content (AvgIpc) is 2.36. The molecule has 0 unspecified atom stereocenters. The Labute approximate surface area is 113 Å². The minimum atomic E-state index is -0.381. The van der Waals surface area contributed by atoms with E-state index in [-0.39, 0.29) is 5.91 Å². The summed E-state index contributed by atoms with van der Waals surface area (Å²) in [6.45, 7) is 0.719. The van der Waals surface area contributed by atoms with E-state index >= 15 is 0 Å². The molecule has 0 aliphatic heterocycles. The molecule has 0 saturated carbocycles. The van der Waals surface area contributed by atoms with Crippen molar-refractivity contribution in [3.63, 3.8) is 0 Å². The van der Waals surface area contributed by atoms with Crippen LogP contribution in [-0.2, 0) is 6.54 Å². The van der Waals surface area contributed by atoms with Crippen molar-refractivity contribution < 1.29 is 18.8 Å². The molecule has 0 heterocycles. The van der Waals surface area contributed by atoms with E-state index in [2.05, 4.69) is 26.6 Å². The van der Waals surface area contributed by atoms with Gasteiger partial charge in [0.1, 0.15) is 18.0 Å². The first-order chi connectivity index (χ1) is 8.82. The van der Waals surface area contributed by atoms with Crippen molar-refractivity contribution in [2.45, 2.75) is 6.54 Å². The number of carbonyl (C=O) groups excluding carboxylic acids is 1. The number of nitrogen functional groups attached to an aromatic ring is 1. The lowest BCUT2D eigenvalue weighted by Gasteiger charge is -2.26. The van der Waals surface area contributed by atoms with Crippen LogP contribution >= 0.6 is 0 Å². The Morgan fingerprint density at radius 3 is 2.00 bits per heavy atom. The van der Waals surface area contributed by atoms with Crippen molar-refractivity contribution in [1.82, 2.24) is 5.43 Å². The van der Waals surface area contributed by atoms with Gasteiger partial charge in [-0.05, 0) is 12.1 Å². The maximum atomic E-state index is 11.6. The lowest BCUT2D eigenvalue weighted by Crippen LogP contribution is -2.34. The van der Waals surface area contributed by atoms with Crippen LogP contribution in [0.1, 0.15) is 15.9 Å². The molecule has 1 amide bonds. The summed E-state index contributed by atoms with van der Waals surface area (Å²) < 4.78 is 11.4. The lowest BCUT2D eigenvalue weighted by atomic mass is 10.1. The van der Waals surface area contributed by atoms with Crippen LogP contribution in [0.5, 0.6) is 11.5 Å². The predicted molar refractivity (Wildman–Crippen MR) is 72.9 cm³/mol. The van der Waals surface area contributed by atoms with Gasteiger partial charge in [-0.25, -0.2) is 5.84 Å². The Morgan fingerprint density at radius 2 is 1.68 bits per heavy atom. The Bertz CT molecular complexity index is 442. The van der Waals surface area contributed by atoms with Crippen molar-refractivity contribution in [3.8, 4) is 11.5 Å². The second kappa shape index (κ2) is 5.90. The molecule has 0 aromatic heterocycles. The number of nitrogens with zero attached hydrogens (tertiary/aromatic N) is 1. The van der Waals surface area contributed by atoms with Gasteiger partial charge in [-0.1, -0.05) is 0 Å². The van der Waals surface area contributed by atoms with Gasteiger partial charge in [-0.3, -0.25) is 10.2 Å². The van der Waals surface area contributed by atoms with Gasteiger partial charge in [0.05, 0.1) is 40.9 Å². The molecule has 106 valence electrons. The Morgan fingerprint density at radius 1 is 1.21 bits per heavy atom. The molecule has 3 N–H and O–H groups in total. The molecule has 0 bridgehead atoms. The average molecular weight is 268 g/mol. The summed E-state index contributed by atoms with van der Waals surface area (Å²) in [5, 5.41) is 0. The number of hydrazine groups is 1. The maximum absolute atomic E-state index is 11.6. The normalized spacial score (nSPS) is 11.1. The van der Waals surface area contributed by atoms with E-state index < -0.39 is 0 Å². The monoisotopic (exact) mass is 268 g/mol. The van der Waals surface area contributed by atoms with Crippen LogP contribution < -0.4 is 20.7 Å². The highest BCUT2D eigenvalue weighted by Gasteiger charge is 2.21. The van der Waals surface area contributed by atoms with Crippen LogP contribution in [0.2, 0.25) is 0 Å². The Kier molecular flexibility index (Phi) is 4.74. The second-order valence-electron chi connectivity index (χ2n) is 5.28. The molecular formula is C13H22N3O3+. The van der Waals surface area contributed by atoms with Crippen molar-refractivity contribution >= 4 is 5.91 Å². The van der Waals surface area contributed by atoms with E-state index in [1.165, 1.54) is 0 Å². The Hall–Kier alpha value is -1.79. The van der Waals surface area contributed by atoms with E-state index in [0.717, 1.165) is 16.6 Å². The number of hydrogen-bond donors (Lipinski definition) is 2. The van der Waals surface area contributed by atoms with Crippen LogP contribution in [0.4, 0.5) is 0 Å². The predicted octanol–water partition coefficient (Wildman–Crippen LogP) is 0.514. The van der Waals surface area contributed by atoms with Crippen molar-refractivity contribution in [3.05, 3.63) is 23.3 Å². The van der Waals surface area contributed by atoms with Crippen molar-refractivity contribution in [2.24, 2.45) is 5.84 Å². The molecule has 0 fully saturated rings. The summed E-state index contributed by atoms with van der Waals surface area (Å²) in [5.41, 5.74) is 3.42. The first-order valence-corrected chi connectivity index (χ1v) is 5.88. The zero-order valence-electron chi connectivity index (χ0n) is 12.1. The van der Waals surface area contributed by atoms with Gasteiger partial charge >= 0.3 is 0 Å². The van der Waals surface area contributed by atoms with Crippen molar-refractivity contribution in [1.29, 1.82) is 0 Å². The second-order valence-corrected chi connectivity index (χ2v) is 5.28. The van der Waals surface area contributed by atoms with Crippen LogP contribution in [0.15, 0.2) is 12.1 Å². The Balaban J connectivity index is 3.33. The summed E-state index contributed by atoms with van der Waals surface area (Å²) in [4.78, 5) is 11.6. The number of nitrogens with two attached hydrogens (primary N) is 1. The summed E-state index contributed by atoms with van der Waals surface area (Å²) in [7, 11) is 9.34. The zero-order valence-corrected chi connectivity index (χ0v) is 12.1. The van der Waals surface area contributed by atoms with Gasteiger partial charge in [0, 0.05) is 5.56 Å². The molecule has 19 heavy (non-hydrogen) atoms. The largest absolute Gasteiger partial charge is 0.496 e. The molecule has 1 rings (SSSR count). The smallest absolute Gasteiger partial charge is 0.265 e. The number of carbonyl (C=O) groups is 1. The highest BCUT2D eigenvalue weighted by molar-refractivity contribution is 5.94. The fourth-order valence-electron chi connectivity index (χ4n) is 1.83. The molecule has 0 atom stereocenters. The zero-order chi connectivity index (χ0) is 14.6. The van der Waals surface area contributed by atoms with Crippen LogP contribution in [-0.4, -0.2) is 45.8 Å². The topological polar surface area (TPSA) is 73.6 Å². The van der Waals surface area contributed by atoms with Gasteiger partial charge in [0.15, 0.2) is 0 Å². The first kappa shape index (κ1) is 15.3. The minimum absolute atomic E-state index is 0.381. The highest BCUT2D eigenvalue weighted by Crippen LogP contribution is 2.32. The third-order valence-corrected chi connectivity index (χ3v) is 2.63. The third kappa shape index (κ3) is 3.84. The molecule has 6 nitrogen and oxygen atoms in total. The molecule has 0 spiro atoms. The minimum Gasteiger partial charge on any atom is -0.496 e. The highest BCUT2D eigenvalue weighted by atomic mass is 16.5. The molecule has 1 aromatic rings. The van der Waals surface area contributed by atoms with E-state index in [4.69, 9.17) is 15.3 Å². The summed E-state index contributed by atoms with van der Waals surface area (Å²) >= 11 is 0. The van der Waals surface area contributed by atoms with Gasteiger partial charge in [-0.2, -0.15) is 0 Å². The number of nitrogens with one attached hydrogen (secondary N) is 1. The quantitative estimate of drug-likeness (QED) is 0.353. The number of amides is 1. The standard InChI is InChI=1S/C13H21N3O3/c1-16(2,3)8-10-11(18-4)6-9(13(17)15-14)7-12(10)19-5/h6-7H,8,14H2,1-5H3/p+1. The molecule has 1 aromatic carbocycles. The third-order valence-electron chi connectivity index (χ3n) is 2.63. The molecule has 0 saturated heterocycles. The molecule has 0 aliphatic carbocycles. The van der Waals surface area contributed by atoms with Gasteiger partial charge in [-0.15, -0.1) is 0 Å². The SMILES string of the molecule is COc1cc(C(=O)NN)cc(OC)c1C[N+](C)(C)C. The maximum Gasteiger partial charge on any atom is 0.265 e. The van der Waals surface area contributed by atoms with Crippen LogP contribution in [0, 0.1) is 0 Å². The van der Waals surface area contributed by atoms with E-state index in [9.17, 15) is 4.79 Å². The molecule has 6 heteroatoms. The fourth-order valence-corrected chi connectivity index (χ4v) is 1.83. The van der Waals surface area contributed by atoms with Crippen molar-refractivity contribution in [2.75, 3.05) is 35.4 Å². The van der Waals surface area contributed by atoms with E-state index in [1.54, 1.807) is 26.4 Å². The number of quaternary nitrogens is 1. The summed E-state index contributed by atoms with van der Waals surface area (Å²) in [6, 6.07) is 3.32. The van der Waals surface area contributed by atoms with Gasteiger partial charge in [0.25, 0.3) is 5.91 Å². The number of benzene rings is 1. The fraction of sp³-hybridized carbons (Fsp3) is 0.462. The molecule has 0 aliphatic rings. The molecule has 0 radical (unpaired) electrons. The van der Waals surface area contributed by atoms with Crippen LogP contribution in [0.25, 0.3) is 0 Å². The summed E-state index contributed by atoms with van der Waals surface area (Å²) in [6.07, 6.45) is 0. The van der Waals surface area contributed by atoms with Gasteiger partial charge < -0.3 is 14.0 Å². The number of ether oxygens (including phenoxy) is 2. The number of hydrogen-bond acceptors (Lipinski definition) is 4. The van der Waals surface area contributed by atoms with Crippen LogP contribution in [0.3, 0.4) is 0 Å². The van der Waals surface area contributed by atoms with Gasteiger partial charge in [0.2, 0.25) is 0 Å².